The first-order valence-electron chi connectivity index (χ1n) is 6.87. The van der Waals surface area contributed by atoms with Gasteiger partial charge in [0.15, 0.2) is 0 Å². The SMILES string of the molecule is Cc1cccc([C@@H](N2CCNCC2)C(C)(C)C)n1. The van der Waals surface area contributed by atoms with Crippen LogP contribution in [0.25, 0.3) is 0 Å². The summed E-state index contributed by atoms with van der Waals surface area (Å²) in [6, 6.07) is 6.77. The summed E-state index contributed by atoms with van der Waals surface area (Å²) >= 11 is 0. The monoisotopic (exact) mass is 247 g/mol. The standard InChI is InChI=1S/C15H25N3/c1-12-6-5-7-13(17-12)14(15(2,3)4)18-10-8-16-9-11-18/h5-7,14,16H,8-11H2,1-4H3/t14-/m1/s1. The van der Waals surface area contributed by atoms with Crippen LogP contribution in [-0.2, 0) is 0 Å². The molecule has 2 rings (SSSR count). The van der Waals surface area contributed by atoms with E-state index in [0.29, 0.717) is 6.04 Å². The quantitative estimate of drug-likeness (QED) is 0.869. The second kappa shape index (κ2) is 5.37. The first-order valence-corrected chi connectivity index (χ1v) is 6.87. The number of hydrogen-bond donors (Lipinski definition) is 1. The lowest BCUT2D eigenvalue weighted by molar-refractivity contribution is 0.0830. The topological polar surface area (TPSA) is 28.2 Å². The Hall–Kier alpha value is -0.930. The maximum atomic E-state index is 4.75. The maximum absolute atomic E-state index is 4.75. The third kappa shape index (κ3) is 3.09. The average molecular weight is 247 g/mol. The molecule has 0 unspecified atom stereocenters. The molecule has 1 aromatic rings. The Labute approximate surface area is 111 Å². The zero-order valence-electron chi connectivity index (χ0n) is 12.0. The molecule has 1 aromatic heterocycles. The molecule has 0 saturated carbocycles. The number of rotatable bonds is 2. The van der Waals surface area contributed by atoms with E-state index in [-0.39, 0.29) is 5.41 Å². The Kier molecular flexibility index (Phi) is 4.03. The van der Waals surface area contributed by atoms with Crippen LogP contribution in [0, 0.1) is 12.3 Å². The minimum absolute atomic E-state index is 0.206. The van der Waals surface area contributed by atoms with Gasteiger partial charge in [0, 0.05) is 31.9 Å². The normalized spacial score (nSPS) is 19.8. The highest BCUT2D eigenvalue weighted by Crippen LogP contribution is 2.37. The van der Waals surface area contributed by atoms with Crippen LogP contribution in [0.15, 0.2) is 18.2 Å². The molecule has 18 heavy (non-hydrogen) atoms. The summed E-state index contributed by atoms with van der Waals surface area (Å²) in [5, 5.41) is 3.42. The largest absolute Gasteiger partial charge is 0.314 e. The second-order valence-corrected chi connectivity index (χ2v) is 6.26. The van der Waals surface area contributed by atoms with Crippen molar-refractivity contribution >= 4 is 0 Å². The van der Waals surface area contributed by atoms with Gasteiger partial charge in [0.05, 0.1) is 11.7 Å². The van der Waals surface area contributed by atoms with Crippen LogP contribution >= 0.6 is 0 Å². The molecule has 0 radical (unpaired) electrons. The van der Waals surface area contributed by atoms with E-state index in [1.165, 1.54) is 5.69 Å². The molecule has 3 nitrogen and oxygen atoms in total. The van der Waals surface area contributed by atoms with Gasteiger partial charge in [0.2, 0.25) is 0 Å². The molecule has 1 atom stereocenters. The second-order valence-electron chi connectivity index (χ2n) is 6.26. The van der Waals surface area contributed by atoms with Gasteiger partial charge in [-0.2, -0.15) is 0 Å². The van der Waals surface area contributed by atoms with Crippen molar-refractivity contribution in [2.75, 3.05) is 26.2 Å². The molecule has 1 aliphatic rings. The Bertz CT molecular complexity index is 389. The first-order chi connectivity index (χ1) is 8.48. The van der Waals surface area contributed by atoms with Gasteiger partial charge in [-0.1, -0.05) is 26.8 Å². The Morgan fingerprint density at radius 3 is 2.44 bits per heavy atom. The van der Waals surface area contributed by atoms with Gasteiger partial charge in [0.25, 0.3) is 0 Å². The van der Waals surface area contributed by atoms with Gasteiger partial charge < -0.3 is 5.32 Å². The van der Waals surface area contributed by atoms with Gasteiger partial charge in [0.1, 0.15) is 0 Å². The maximum Gasteiger partial charge on any atom is 0.0583 e. The molecule has 1 saturated heterocycles. The van der Waals surface area contributed by atoms with Gasteiger partial charge in [-0.05, 0) is 24.5 Å². The Morgan fingerprint density at radius 1 is 1.22 bits per heavy atom. The highest BCUT2D eigenvalue weighted by atomic mass is 15.2. The molecule has 1 aliphatic heterocycles. The van der Waals surface area contributed by atoms with Crippen molar-refractivity contribution in [3.63, 3.8) is 0 Å². The number of aryl methyl sites for hydroxylation is 1. The molecule has 2 heterocycles. The van der Waals surface area contributed by atoms with Gasteiger partial charge in [-0.15, -0.1) is 0 Å². The fraction of sp³-hybridized carbons (Fsp3) is 0.667. The molecule has 100 valence electrons. The van der Waals surface area contributed by atoms with Crippen LogP contribution in [0.3, 0.4) is 0 Å². The van der Waals surface area contributed by atoms with Crippen molar-refractivity contribution in [3.8, 4) is 0 Å². The predicted octanol–water partition coefficient (Wildman–Crippen LogP) is 2.38. The summed E-state index contributed by atoms with van der Waals surface area (Å²) in [5.74, 6) is 0. The van der Waals surface area contributed by atoms with Crippen LogP contribution in [0.5, 0.6) is 0 Å². The zero-order chi connectivity index (χ0) is 13.2. The van der Waals surface area contributed by atoms with E-state index in [1.807, 2.05) is 0 Å². The molecule has 1 fully saturated rings. The van der Waals surface area contributed by atoms with Gasteiger partial charge in [-0.25, -0.2) is 0 Å². The van der Waals surface area contributed by atoms with Crippen LogP contribution in [-0.4, -0.2) is 36.1 Å². The molecule has 0 spiro atoms. The highest BCUT2D eigenvalue weighted by Gasteiger charge is 2.33. The first kappa shape index (κ1) is 13.5. The van der Waals surface area contributed by atoms with Crippen LogP contribution in [0.2, 0.25) is 0 Å². The van der Waals surface area contributed by atoms with E-state index in [0.717, 1.165) is 31.9 Å². The van der Waals surface area contributed by atoms with Crippen LogP contribution in [0.1, 0.15) is 38.2 Å². The molecule has 0 aromatic carbocycles. The van der Waals surface area contributed by atoms with Crippen molar-refractivity contribution in [1.82, 2.24) is 15.2 Å². The summed E-state index contributed by atoms with van der Waals surface area (Å²) in [6.45, 7) is 13.4. The van der Waals surface area contributed by atoms with E-state index < -0.39 is 0 Å². The van der Waals surface area contributed by atoms with E-state index in [9.17, 15) is 0 Å². The summed E-state index contributed by atoms with van der Waals surface area (Å²) in [4.78, 5) is 7.32. The van der Waals surface area contributed by atoms with E-state index >= 15 is 0 Å². The van der Waals surface area contributed by atoms with Crippen molar-refractivity contribution in [3.05, 3.63) is 29.6 Å². The smallest absolute Gasteiger partial charge is 0.0583 e. The van der Waals surface area contributed by atoms with Crippen molar-refractivity contribution in [1.29, 1.82) is 0 Å². The van der Waals surface area contributed by atoms with Gasteiger partial charge in [-0.3, -0.25) is 9.88 Å². The lowest BCUT2D eigenvalue weighted by atomic mass is 9.83. The van der Waals surface area contributed by atoms with E-state index in [1.54, 1.807) is 0 Å². The molecular weight excluding hydrogens is 222 g/mol. The third-order valence-corrected chi connectivity index (χ3v) is 3.53. The van der Waals surface area contributed by atoms with Crippen molar-refractivity contribution < 1.29 is 0 Å². The number of hydrogen-bond acceptors (Lipinski definition) is 3. The summed E-state index contributed by atoms with van der Waals surface area (Å²) in [5.41, 5.74) is 2.53. The van der Waals surface area contributed by atoms with Crippen molar-refractivity contribution in [2.45, 2.75) is 33.7 Å². The number of nitrogens with zero attached hydrogens (tertiary/aromatic N) is 2. The number of aromatic nitrogens is 1. The fourth-order valence-corrected chi connectivity index (χ4v) is 2.84. The molecule has 3 heteroatoms. The lowest BCUT2D eigenvalue weighted by Gasteiger charge is -2.42. The number of piperazine rings is 1. The summed E-state index contributed by atoms with van der Waals surface area (Å²) < 4.78 is 0. The third-order valence-electron chi connectivity index (χ3n) is 3.53. The minimum atomic E-state index is 0.206. The van der Waals surface area contributed by atoms with Crippen molar-refractivity contribution in [2.24, 2.45) is 5.41 Å². The lowest BCUT2D eigenvalue weighted by Crippen LogP contribution is -2.48. The predicted molar refractivity (Wildman–Crippen MR) is 75.6 cm³/mol. The molecule has 1 N–H and O–H groups in total. The van der Waals surface area contributed by atoms with E-state index in [4.69, 9.17) is 4.98 Å². The Balaban J connectivity index is 2.30. The van der Waals surface area contributed by atoms with Gasteiger partial charge >= 0.3 is 0 Å². The Morgan fingerprint density at radius 2 is 1.89 bits per heavy atom. The van der Waals surface area contributed by atoms with Crippen LogP contribution in [0.4, 0.5) is 0 Å². The molecule has 0 amide bonds. The fourth-order valence-electron chi connectivity index (χ4n) is 2.84. The molecule has 0 bridgehead atoms. The molecule has 0 aliphatic carbocycles. The summed E-state index contributed by atoms with van der Waals surface area (Å²) in [6.07, 6.45) is 0. The van der Waals surface area contributed by atoms with Crippen LogP contribution < -0.4 is 5.32 Å². The summed E-state index contributed by atoms with van der Waals surface area (Å²) in [7, 11) is 0. The number of pyridine rings is 1. The zero-order valence-corrected chi connectivity index (χ0v) is 12.0. The molecular formula is C15H25N3. The average Bonchev–Trinajstić information content (AvgIpc) is 2.28. The number of nitrogens with one attached hydrogen (secondary N) is 1. The van der Waals surface area contributed by atoms with E-state index in [2.05, 4.69) is 56.1 Å². The minimum Gasteiger partial charge on any atom is -0.314 e. The highest BCUT2D eigenvalue weighted by molar-refractivity contribution is 5.16.